The predicted octanol–water partition coefficient (Wildman–Crippen LogP) is 2.21. The van der Waals surface area contributed by atoms with Gasteiger partial charge in [-0.3, -0.25) is 0 Å². The highest BCUT2D eigenvalue weighted by molar-refractivity contribution is 7.80. The van der Waals surface area contributed by atoms with Crippen molar-refractivity contribution in [2.75, 3.05) is 0 Å². The summed E-state index contributed by atoms with van der Waals surface area (Å²) in [6.45, 7) is 0. The zero-order chi connectivity index (χ0) is 5.98. The van der Waals surface area contributed by atoms with Crippen LogP contribution in [0.4, 0.5) is 0 Å². The summed E-state index contributed by atoms with van der Waals surface area (Å²) in [6.07, 6.45) is 0. The van der Waals surface area contributed by atoms with Crippen LogP contribution in [0, 0.1) is 0 Å². The first-order valence-electron chi connectivity index (χ1n) is 1.96. The molecule has 0 saturated carbocycles. The van der Waals surface area contributed by atoms with Gasteiger partial charge >= 0.3 is 0 Å². The molecule has 0 spiro atoms. The van der Waals surface area contributed by atoms with Gasteiger partial charge in [-0.2, -0.15) is 0 Å². The minimum absolute atomic E-state index is 0.823. The van der Waals surface area contributed by atoms with E-state index in [9.17, 15) is 0 Å². The molecule has 1 unspecified atom stereocenters. The molecule has 0 saturated heterocycles. The average Bonchev–Trinajstić information content (AvgIpc) is 2.14. The average molecular weight is 164 g/mol. The van der Waals surface area contributed by atoms with E-state index >= 15 is 0 Å². The minimum atomic E-state index is 0.823. The molecule has 1 heterocycles. The highest BCUT2D eigenvalue weighted by Gasteiger charge is 1.95. The Hall–Kier alpha value is 0.280. The minimum Gasteiger partial charge on any atom is -0.478 e. The molecule has 1 rings (SSSR count). The van der Waals surface area contributed by atoms with Crippen molar-refractivity contribution in [3.05, 3.63) is 10.8 Å². The summed E-state index contributed by atoms with van der Waals surface area (Å²) < 4.78 is 4.84. The maximum absolute atomic E-state index is 4.84. The molecule has 1 aromatic rings. The molecule has 0 aliphatic rings. The Kier molecular flexibility index (Phi) is 2.17. The van der Waals surface area contributed by atoms with Crippen LogP contribution in [0.1, 0.15) is 0 Å². The highest BCUT2D eigenvalue weighted by Crippen LogP contribution is 2.27. The van der Waals surface area contributed by atoms with Gasteiger partial charge in [0, 0.05) is 10.8 Å². The van der Waals surface area contributed by atoms with Crippen LogP contribution in [-0.2, 0) is 0 Å². The van der Waals surface area contributed by atoms with Gasteiger partial charge in [0.15, 0.2) is 0 Å². The van der Waals surface area contributed by atoms with E-state index in [0.717, 1.165) is 10.6 Å². The van der Waals surface area contributed by atoms with E-state index in [1.165, 1.54) is 0 Å². The second kappa shape index (κ2) is 2.72. The summed E-state index contributed by atoms with van der Waals surface area (Å²) in [7, 11) is 2.18. The molecule has 0 amide bonds. The van der Waals surface area contributed by atoms with Gasteiger partial charge in [0.25, 0.3) is 0 Å². The maximum Gasteiger partial charge on any atom is 0.146 e. The quantitative estimate of drug-likeness (QED) is 0.494. The lowest BCUT2D eigenvalue weighted by Gasteiger charge is -1.91. The number of thiophene rings is 1. The number of thiol groups is 1. The van der Waals surface area contributed by atoms with Gasteiger partial charge in [0.1, 0.15) is 5.75 Å². The molecule has 44 valence electrons. The van der Waals surface area contributed by atoms with Gasteiger partial charge in [-0.15, -0.1) is 24.0 Å². The van der Waals surface area contributed by atoms with Crippen molar-refractivity contribution in [3.63, 3.8) is 0 Å². The normalized spacial score (nSPS) is 9.25. The highest BCUT2D eigenvalue weighted by atomic mass is 32.1. The Labute approximate surface area is 59.8 Å². The molecule has 1 nitrogen and oxygen atoms in total. The van der Waals surface area contributed by atoms with Gasteiger partial charge in [0.2, 0.25) is 0 Å². The number of rotatable bonds is 1. The Morgan fingerprint density at radius 1 is 1.62 bits per heavy atom. The first-order valence-corrected chi connectivity index (χ1v) is 3.82. The fourth-order valence-electron chi connectivity index (χ4n) is 0.367. The molecule has 8 heavy (non-hydrogen) atoms. The van der Waals surface area contributed by atoms with Gasteiger partial charge in [0.05, 0.1) is 14.4 Å². The summed E-state index contributed by atoms with van der Waals surface area (Å²) in [6, 6.07) is 0. The second-order valence-electron chi connectivity index (χ2n) is 1.24. The molecule has 1 atom stereocenters. The molecular weight excluding hydrogens is 159 g/mol. The summed E-state index contributed by atoms with van der Waals surface area (Å²) >= 11 is 5.68. The van der Waals surface area contributed by atoms with Crippen molar-refractivity contribution in [1.82, 2.24) is 0 Å². The maximum atomic E-state index is 4.84. The van der Waals surface area contributed by atoms with E-state index in [2.05, 4.69) is 22.1 Å². The number of hydrogen-bond acceptors (Lipinski definition) is 3. The SMILES string of the molecule is POc1cscc1S. The van der Waals surface area contributed by atoms with Crippen molar-refractivity contribution in [3.8, 4) is 5.75 Å². The monoisotopic (exact) mass is 164 g/mol. The third-order valence-electron chi connectivity index (χ3n) is 0.734. The molecule has 0 radical (unpaired) electrons. The summed E-state index contributed by atoms with van der Waals surface area (Å²) in [5, 5.41) is 3.82. The first kappa shape index (κ1) is 6.40. The van der Waals surface area contributed by atoms with E-state index in [1.807, 2.05) is 10.8 Å². The third-order valence-corrected chi connectivity index (χ3v) is 2.23. The fourth-order valence-corrected chi connectivity index (χ4v) is 1.77. The summed E-state index contributed by atoms with van der Waals surface area (Å²) in [4.78, 5) is 0.894. The van der Waals surface area contributed by atoms with Crippen LogP contribution in [-0.4, -0.2) is 0 Å². The van der Waals surface area contributed by atoms with Gasteiger partial charge in [-0.05, 0) is 0 Å². The topological polar surface area (TPSA) is 9.23 Å². The molecule has 0 aliphatic carbocycles. The molecular formula is C4H5OPS2. The van der Waals surface area contributed by atoms with Crippen molar-refractivity contribution in [2.45, 2.75) is 4.90 Å². The standard InChI is InChI=1S/C4H5OPS2/c6-5-3-1-8-2-4(3)7/h1-2,7H,6H2. The lowest BCUT2D eigenvalue weighted by atomic mass is 10.6. The largest absolute Gasteiger partial charge is 0.478 e. The molecule has 0 aliphatic heterocycles. The Bertz CT molecular complexity index is 174. The van der Waals surface area contributed by atoms with Crippen LogP contribution in [0.2, 0.25) is 0 Å². The molecule has 0 N–H and O–H groups in total. The van der Waals surface area contributed by atoms with Crippen LogP contribution in [0.25, 0.3) is 0 Å². The molecule has 4 heteroatoms. The molecule has 0 fully saturated rings. The van der Waals surface area contributed by atoms with Gasteiger partial charge in [-0.1, -0.05) is 0 Å². The van der Waals surface area contributed by atoms with Crippen LogP contribution in [0.5, 0.6) is 5.75 Å². The van der Waals surface area contributed by atoms with E-state index in [0.29, 0.717) is 0 Å². The van der Waals surface area contributed by atoms with Crippen molar-refractivity contribution < 1.29 is 4.52 Å². The van der Waals surface area contributed by atoms with Crippen LogP contribution in [0.15, 0.2) is 15.7 Å². The van der Waals surface area contributed by atoms with E-state index < -0.39 is 0 Å². The zero-order valence-electron chi connectivity index (χ0n) is 4.00. The van der Waals surface area contributed by atoms with E-state index in [-0.39, 0.29) is 0 Å². The second-order valence-corrected chi connectivity index (χ2v) is 2.70. The lowest BCUT2D eigenvalue weighted by Crippen LogP contribution is -1.66. The van der Waals surface area contributed by atoms with Crippen LogP contribution < -0.4 is 4.52 Å². The van der Waals surface area contributed by atoms with Crippen molar-refractivity contribution >= 4 is 33.4 Å². The van der Waals surface area contributed by atoms with Gasteiger partial charge in [-0.25, -0.2) is 0 Å². The van der Waals surface area contributed by atoms with E-state index in [1.54, 1.807) is 11.3 Å². The van der Waals surface area contributed by atoms with Crippen LogP contribution in [0.3, 0.4) is 0 Å². The predicted molar refractivity (Wildman–Crippen MR) is 41.9 cm³/mol. The van der Waals surface area contributed by atoms with E-state index in [4.69, 9.17) is 4.52 Å². The Morgan fingerprint density at radius 3 is 2.62 bits per heavy atom. The number of hydrogen-bond donors (Lipinski definition) is 1. The van der Waals surface area contributed by atoms with Crippen molar-refractivity contribution in [1.29, 1.82) is 0 Å². The lowest BCUT2D eigenvalue weighted by molar-refractivity contribution is 0.634. The first-order chi connectivity index (χ1) is 3.84. The molecule has 1 aromatic heterocycles. The van der Waals surface area contributed by atoms with Gasteiger partial charge < -0.3 is 4.52 Å². The van der Waals surface area contributed by atoms with Crippen LogP contribution >= 0.6 is 33.4 Å². The summed E-state index contributed by atoms with van der Waals surface area (Å²) in [5.74, 6) is 0.823. The zero-order valence-corrected chi connectivity index (χ0v) is 6.86. The molecule has 0 aromatic carbocycles. The summed E-state index contributed by atoms with van der Waals surface area (Å²) in [5.41, 5.74) is 0. The molecule has 0 bridgehead atoms. The van der Waals surface area contributed by atoms with Crippen molar-refractivity contribution in [2.24, 2.45) is 0 Å². The third kappa shape index (κ3) is 1.16. The Balaban J connectivity index is 2.92. The fraction of sp³-hybridized carbons (Fsp3) is 0. The Morgan fingerprint density at radius 2 is 2.38 bits per heavy atom. The smallest absolute Gasteiger partial charge is 0.146 e.